The maximum absolute atomic E-state index is 11.3. The quantitative estimate of drug-likeness (QED) is 0.642. The van der Waals surface area contributed by atoms with Gasteiger partial charge in [0.15, 0.2) is 0 Å². The van der Waals surface area contributed by atoms with Crippen molar-refractivity contribution in [2.75, 3.05) is 37.5 Å². The fourth-order valence-electron chi connectivity index (χ4n) is 2.25. The van der Waals surface area contributed by atoms with E-state index >= 15 is 0 Å². The molecule has 2 N–H and O–H groups in total. The number of anilines is 2. The number of benzene rings is 1. The summed E-state index contributed by atoms with van der Waals surface area (Å²) in [5, 5.41) is 5.65. The summed E-state index contributed by atoms with van der Waals surface area (Å²) in [5.74, 6) is 0. The van der Waals surface area contributed by atoms with Crippen molar-refractivity contribution in [2.45, 2.75) is 6.42 Å². The highest BCUT2D eigenvalue weighted by atomic mass is 16.5. The molecule has 2 rings (SSSR count). The number of hydrogen-bond acceptors (Lipinski definition) is 4. The molecule has 1 aliphatic heterocycles. The normalized spacial score (nSPS) is 13.7. The van der Waals surface area contributed by atoms with E-state index in [2.05, 4.69) is 25.3 Å². The second-order valence-electron chi connectivity index (χ2n) is 4.61. The number of carbonyl (C=O) groups excluding carboxylic acids is 1. The highest BCUT2D eigenvalue weighted by Crippen LogP contribution is 2.30. The van der Waals surface area contributed by atoms with Gasteiger partial charge in [0.05, 0.1) is 13.4 Å². The first-order valence-corrected chi connectivity index (χ1v) is 6.79. The van der Waals surface area contributed by atoms with Gasteiger partial charge >= 0.3 is 6.09 Å². The van der Waals surface area contributed by atoms with E-state index < -0.39 is 6.09 Å². The summed E-state index contributed by atoms with van der Waals surface area (Å²) in [6.45, 7) is 1.78. The van der Waals surface area contributed by atoms with Crippen molar-refractivity contribution < 1.29 is 9.53 Å². The van der Waals surface area contributed by atoms with Crippen molar-refractivity contribution in [1.82, 2.24) is 5.32 Å². The van der Waals surface area contributed by atoms with Gasteiger partial charge in [-0.2, -0.15) is 0 Å². The summed E-state index contributed by atoms with van der Waals surface area (Å²) in [5.41, 5.74) is 3.19. The lowest BCUT2D eigenvalue weighted by Gasteiger charge is -2.18. The highest BCUT2D eigenvalue weighted by molar-refractivity contribution is 5.85. The summed E-state index contributed by atoms with van der Waals surface area (Å²) in [7, 11) is 3.07. The maximum atomic E-state index is 11.3. The van der Waals surface area contributed by atoms with Crippen LogP contribution in [0.4, 0.5) is 16.2 Å². The first-order chi connectivity index (χ1) is 10.2. The molecular formula is C15H20N4O2. The molecule has 0 spiro atoms. The van der Waals surface area contributed by atoms with E-state index in [9.17, 15) is 4.79 Å². The molecule has 0 saturated heterocycles. The number of aliphatic imine (C=N–C) groups is 1. The van der Waals surface area contributed by atoms with Gasteiger partial charge in [-0.25, -0.2) is 4.79 Å². The Morgan fingerprint density at radius 3 is 3.14 bits per heavy atom. The van der Waals surface area contributed by atoms with E-state index in [-0.39, 0.29) is 0 Å². The number of nitrogens with one attached hydrogen (secondary N) is 2. The van der Waals surface area contributed by atoms with Gasteiger partial charge in [-0.3, -0.25) is 10.3 Å². The second kappa shape index (κ2) is 7.33. The third-order valence-corrected chi connectivity index (χ3v) is 3.25. The predicted octanol–water partition coefficient (Wildman–Crippen LogP) is 1.99. The molecule has 0 unspecified atom stereocenters. The topological polar surface area (TPSA) is 66.0 Å². The van der Waals surface area contributed by atoms with Crippen molar-refractivity contribution in [3.63, 3.8) is 0 Å². The number of ether oxygens (including phenoxy) is 1. The van der Waals surface area contributed by atoms with Gasteiger partial charge in [0.25, 0.3) is 0 Å². The molecule has 1 heterocycles. The molecule has 6 nitrogen and oxygen atoms in total. The van der Waals surface area contributed by atoms with Gasteiger partial charge in [0.1, 0.15) is 0 Å². The number of amides is 1. The Kier molecular flexibility index (Phi) is 5.20. The van der Waals surface area contributed by atoms with E-state index in [1.54, 1.807) is 13.4 Å². The standard InChI is InChI=1S/C15H20N4O2/c1-16-11-17-7-3-8-19-9-6-12-4-5-13(10-14(12)19)18-15(20)21-2/h3-5,7,10-11H,6,8-9H2,1-2H3,(H,16,17)(H,18,20)/b7-3+. The largest absolute Gasteiger partial charge is 0.453 e. The Balaban J connectivity index is 2.02. The summed E-state index contributed by atoms with van der Waals surface area (Å²) in [6, 6.07) is 5.93. The number of hydrogen-bond donors (Lipinski definition) is 2. The second-order valence-corrected chi connectivity index (χ2v) is 4.61. The number of carbonyl (C=O) groups is 1. The summed E-state index contributed by atoms with van der Waals surface area (Å²) in [4.78, 5) is 17.4. The molecule has 0 saturated carbocycles. The van der Waals surface area contributed by atoms with Crippen LogP contribution in [-0.2, 0) is 11.2 Å². The Morgan fingerprint density at radius 2 is 2.38 bits per heavy atom. The smallest absolute Gasteiger partial charge is 0.411 e. The molecule has 21 heavy (non-hydrogen) atoms. The van der Waals surface area contributed by atoms with Crippen LogP contribution >= 0.6 is 0 Å². The average Bonchev–Trinajstić information content (AvgIpc) is 2.89. The summed E-state index contributed by atoms with van der Waals surface area (Å²) >= 11 is 0. The Morgan fingerprint density at radius 1 is 1.52 bits per heavy atom. The molecule has 0 atom stereocenters. The van der Waals surface area contributed by atoms with Crippen LogP contribution in [-0.4, -0.2) is 39.7 Å². The number of methoxy groups -OCH3 is 1. The lowest BCUT2D eigenvalue weighted by molar-refractivity contribution is 0.187. The Hall–Kier alpha value is -2.50. The Bertz CT molecular complexity index is 555. The van der Waals surface area contributed by atoms with Crippen LogP contribution in [0.2, 0.25) is 0 Å². The average molecular weight is 288 g/mol. The number of fused-ring (bicyclic) bond motifs is 1. The zero-order chi connectivity index (χ0) is 15.1. The van der Waals surface area contributed by atoms with Crippen molar-refractivity contribution in [3.05, 3.63) is 36.0 Å². The van der Waals surface area contributed by atoms with Crippen LogP contribution < -0.4 is 15.5 Å². The molecule has 0 aromatic heterocycles. The summed E-state index contributed by atoms with van der Waals surface area (Å²) in [6.07, 6.45) is 6.10. The van der Waals surface area contributed by atoms with E-state index in [0.717, 1.165) is 30.9 Å². The molecule has 1 aromatic carbocycles. The van der Waals surface area contributed by atoms with Gasteiger partial charge < -0.3 is 15.0 Å². The fraction of sp³-hybridized carbons (Fsp3) is 0.333. The van der Waals surface area contributed by atoms with Crippen LogP contribution in [0.15, 0.2) is 35.5 Å². The van der Waals surface area contributed by atoms with Crippen molar-refractivity contribution in [2.24, 2.45) is 4.99 Å². The third kappa shape index (κ3) is 3.98. The molecule has 0 bridgehead atoms. The molecule has 0 radical (unpaired) electrons. The molecule has 1 aliphatic rings. The number of rotatable bonds is 5. The number of nitrogens with zero attached hydrogens (tertiary/aromatic N) is 2. The van der Waals surface area contributed by atoms with Crippen LogP contribution in [0.5, 0.6) is 0 Å². The molecule has 1 amide bonds. The zero-order valence-corrected chi connectivity index (χ0v) is 12.3. The third-order valence-electron chi connectivity index (χ3n) is 3.25. The lowest BCUT2D eigenvalue weighted by Crippen LogP contribution is -2.21. The molecule has 6 heteroatoms. The lowest BCUT2D eigenvalue weighted by atomic mass is 10.1. The van der Waals surface area contributed by atoms with Gasteiger partial charge in [-0.1, -0.05) is 6.07 Å². The van der Waals surface area contributed by atoms with Crippen LogP contribution in [0.25, 0.3) is 0 Å². The fourth-order valence-corrected chi connectivity index (χ4v) is 2.25. The van der Waals surface area contributed by atoms with Gasteiger partial charge in [0.2, 0.25) is 0 Å². The van der Waals surface area contributed by atoms with Crippen LogP contribution in [0, 0.1) is 0 Å². The van der Waals surface area contributed by atoms with Gasteiger partial charge in [-0.15, -0.1) is 0 Å². The molecular weight excluding hydrogens is 268 g/mol. The highest BCUT2D eigenvalue weighted by Gasteiger charge is 2.18. The minimum Gasteiger partial charge on any atom is -0.453 e. The predicted molar refractivity (Wildman–Crippen MR) is 85.1 cm³/mol. The van der Waals surface area contributed by atoms with Gasteiger partial charge in [0, 0.05) is 31.5 Å². The molecule has 1 aromatic rings. The minimum absolute atomic E-state index is 0.456. The van der Waals surface area contributed by atoms with E-state index in [1.165, 1.54) is 12.7 Å². The van der Waals surface area contributed by atoms with Crippen molar-refractivity contribution in [1.29, 1.82) is 0 Å². The van der Waals surface area contributed by atoms with E-state index in [0.29, 0.717) is 0 Å². The minimum atomic E-state index is -0.456. The van der Waals surface area contributed by atoms with Crippen molar-refractivity contribution in [3.8, 4) is 0 Å². The monoisotopic (exact) mass is 288 g/mol. The van der Waals surface area contributed by atoms with E-state index in [1.807, 2.05) is 30.5 Å². The maximum Gasteiger partial charge on any atom is 0.411 e. The first-order valence-electron chi connectivity index (χ1n) is 6.79. The van der Waals surface area contributed by atoms with Crippen LogP contribution in [0.1, 0.15) is 5.56 Å². The molecule has 0 aliphatic carbocycles. The van der Waals surface area contributed by atoms with E-state index in [4.69, 9.17) is 0 Å². The van der Waals surface area contributed by atoms with Crippen LogP contribution in [0.3, 0.4) is 0 Å². The molecule has 0 fully saturated rings. The Labute approximate surface area is 124 Å². The zero-order valence-electron chi connectivity index (χ0n) is 12.3. The molecule has 112 valence electrons. The SMILES string of the molecule is CN=CN/C=C/CN1CCc2ccc(NC(=O)OC)cc21. The first kappa shape index (κ1) is 14.9. The summed E-state index contributed by atoms with van der Waals surface area (Å²) < 4.78 is 4.61. The van der Waals surface area contributed by atoms with Crippen molar-refractivity contribution >= 4 is 23.8 Å². The van der Waals surface area contributed by atoms with Gasteiger partial charge in [-0.05, 0) is 36.4 Å².